The molecule has 0 aromatic rings. The van der Waals surface area contributed by atoms with Crippen LogP contribution in [0.2, 0.25) is 0 Å². The Morgan fingerprint density at radius 3 is 2.27 bits per heavy atom. The van der Waals surface area contributed by atoms with Crippen LogP contribution in [0.5, 0.6) is 0 Å². The van der Waals surface area contributed by atoms with Crippen LogP contribution in [0.15, 0.2) is 0 Å². The monoisotopic (exact) mass is 364 g/mol. The molecule has 3 N–H and O–H groups in total. The number of carboxylic acids is 1. The number of aliphatic carboxylic acids is 1. The zero-order valence-corrected chi connectivity index (χ0v) is 16.5. The van der Waals surface area contributed by atoms with Crippen molar-refractivity contribution in [3.8, 4) is 0 Å². The maximum absolute atomic E-state index is 11.6. The van der Waals surface area contributed by atoms with E-state index in [-0.39, 0.29) is 40.8 Å². The lowest BCUT2D eigenvalue weighted by atomic mass is 9.44. The first-order chi connectivity index (χ1) is 12.2. The van der Waals surface area contributed by atoms with Crippen LogP contribution < -0.4 is 0 Å². The molecule has 4 saturated carbocycles. The number of hydrogen-bond acceptors (Lipinski definition) is 3. The summed E-state index contributed by atoms with van der Waals surface area (Å²) in [4.78, 5) is 11.6. The van der Waals surface area contributed by atoms with Gasteiger partial charge in [-0.2, -0.15) is 0 Å². The van der Waals surface area contributed by atoms with Crippen LogP contribution in [0, 0.1) is 46.3 Å². The number of rotatable bonds is 2. The molecule has 0 radical (unpaired) electrons. The van der Waals surface area contributed by atoms with Crippen molar-refractivity contribution < 1.29 is 20.1 Å². The summed E-state index contributed by atoms with van der Waals surface area (Å²) < 4.78 is 0. The summed E-state index contributed by atoms with van der Waals surface area (Å²) in [6.45, 7) is 6.61. The number of carbonyl (C=O) groups is 1. The molecule has 0 saturated heterocycles. The van der Waals surface area contributed by atoms with Gasteiger partial charge in [0.1, 0.15) is 0 Å². The average molecular weight is 365 g/mol. The summed E-state index contributed by atoms with van der Waals surface area (Å²) in [6, 6.07) is 0. The number of carboxylic acid groups (broad SMARTS) is 1. The van der Waals surface area contributed by atoms with Gasteiger partial charge in [0, 0.05) is 0 Å². The van der Waals surface area contributed by atoms with E-state index in [1.165, 1.54) is 0 Å². The predicted octanol–water partition coefficient (Wildman–Crippen LogP) is 3.70. The van der Waals surface area contributed by atoms with E-state index in [0.29, 0.717) is 17.8 Å². The van der Waals surface area contributed by atoms with Crippen molar-refractivity contribution in [3.05, 3.63) is 0 Å². The molecule has 4 aliphatic carbocycles. The van der Waals surface area contributed by atoms with Crippen LogP contribution in [0.3, 0.4) is 0 Å². The number of aliphatic hydroxyl groups excluding tert-OH is 2. The van der Waals surface area contributed by atoms with Crippen LogP contribution in [-0.4, -0.2) is 33.5 Å². The molecule has 0 unspecified atom stereocenters. The summed E-state index contributed by atoms with van der Waals surface area (Å²) in [6.07, 6.45) is 7.36. The van der Waals surface area contributed by atoms with E-state index in [1.54, 1.807) is 0 Å². The fourth-order valence-corrected chi connectivity index (χ4v) is 8.31. The quantitative estimate of drug-likeness (QED) is 0.698. The smallest absolute Gasteiger partial charge is 0.306 e. The highest BCUT2D eigenvalue weighted by Crippen LogP contribution is 2.68. The molecule has 0 aromatic carbocycles. The molecule has 4 heteroatoms. The van der Waals surface area contributed by atoms with Crippen molar-refractivity contribution in [1.82, 2.24) is 0 Å². The minimum absolute atomic E-state index is 0.107. The van der Waals surface area contributed by atoms with Crippen molar-refractivity contribution in [1.29, 1.82) is 0 Å². The molecule has 4 aliphatic rings. The summed E-state index contributed by atoms with van der Waals surface area (Å²) in [5.41, 5.74) is 0.246. The van der Waals surface area contributed by atoms with E-state index >= 15 is 0 Å². The molecule has 4 nitrogen and oxygen atoms in total. The largest absolute Gasteiger partial charge is 0.481 e. The van der Waals surface area contributed by atoms with Gasteiger partial charge < -0.3 is 15.3 Å². The number of fused-ring (bicyclic) bond motifs is 5. The van der Waals surface area contributed by atoms with Gasteiger partial charge in [-0.05, 0) is 91.8 Å². The van der Waals surface area contributed by atoms with Crippen molar-refractivity contribution >= 4 is 5.97 Å². The topological polar surface area (TPSA) is 77.8 Å². The Hall–Kier alpha value is -0.610. The van der Waals surface area contributed by atoms with Crippen LogP contribution in [-0.2, 0) is 4.79 Å². The lowest BCUT2D eigenvalue weighted by Crippen LogP contribution is -2.58. The van der Waals surface area contributed by atoms with Gasteiger partial charge in [0.2, 0.25) is 0 Å². The second-order valence-electron chi connectivity index (χ2n) is 10.6. The van der Waals surface area contributed by atoms with Gasteiger partial charge in [-0.25, -0.2) is 0 Å². The third kappa shape index (κ3) is 2.51. The molecule has 0 heterocycles. The van der Waals surface area contributed by atoms with E-state index in [2.05, 4.69) is 13.8 Å². The molecule has 26 heavy (non-hydrogen) atoms. The van der Waals surface area contributed by atoms with Crippen molar-refractivity contribution in [2.24, 2.45) is 46.3 Å². The minimum Gasteiger partial charge on any atom is -0.481 e. The van der Waals surface area contributed by atoms with Crippen molar-refractivity contribution in [2.75, 3.05) is 0 Å². The fraction of sp³-hybridized carbons (Fsp3) is 0.955. The highest BCUT2D eigenvalue weighted by molar-refractivity contribution is 5.70. The van der Waals surface area contributed by atoms with E-state index in [9.17, 15) is 20.1 Å². The van der Waals surface area contributed by atoms with Gasteiger partial charge in [0.05, 0.1) is 18.1 Å². The van der Waals surface area contributed by atoms with Crippen molar-refractivity contribution in [3.63, 3.8) is 0 Å². The highest BCUT2D eigenvalue weighted by atomic mass is 16.4. The molecule has 4 fully saturated rings. The summed E-state index contributed by atoms with van der Waals surface area (Å²) in [5, 5.41) is 30.7. The lowest BCUT2D eigenvalue weighted by Gasteiger charge is -2.62. The molecule has 10 atom stereocenters. The van der Waals surface area contributed by atoms with Gasteiger partial charge in [-0.15, -0.1) is 0 Å². The lowest BCUT2D eigenvalue weighted by molar-refractivity contribution is -0.174. The first kappa shape index (κ1) is 18.7. The fourth-order valence-electron chi connectivity index (χ4n) is 8.31. The Kier molecular flexibility index (Phi) is 4.47. The molecule has 0 amide bonds. The van der Waals surface area contributed by atoms with Gasteiger partial charge in [-0.1, -0.05) is 20.8 Å². The minimum atomic E-state index is -0.657. The van der Waals surface area contributed by atoms with Gasteiger partial charge >= 0.3 is 5.97 Å². The molecular weight excluding hydrogens is 328 g/mol. The molecule has 0 aromatic heterocycles. The standard InChI is InChI=1S/C22H36O4/c1-12(20(25)26)15-4-5-16-14-11-19(24)18-10-13(23)6-8-22(18,3)17(14)7-9-21(15,16)2/h12-19,23-24H,4-11H2,1-3H3,(H,25,26)/t12-,13+,14-,15+,16-,17-,18-,19-,21+,22+/m0/s1. The predicted molar refractivity (Wildman–Crippen MR) is 99.4 cm³/mol. The molecule has 0 spiro atoms. The highest BCUT2D eigenvalue weighted by Gasteiger charge is 2.62. The second-order valence-corrected chi connectivity index (χ2v) is 10.6. The Labute approximate surface area is 157 Å². The van der Waals surface area contributed by atoms with Crippen LogP contribution in [0.4, 0.5) is 0 Å². The molecule has 148 valence electrons. The number of hydrogen-bond donors (Lipinski definition) is 3. The van der Waals surface area contributed by atoms with E-state index in [4.69, 9.17) is 0 Å². The third-order valence-electron chi connectivity index (χ3n) is 9.72. The van der Waals surface area contributed by atoms with Crippen LogP contribution in [0.1, 0.15) is 72.1 Å². The second kappa shape index (κ2) is 6.20. The van der Waals surface area contributed by atoms with Crippen LogP contribution >= 0.6 is 0 Å². The Morgan fingerprint density at radius 2 is 1.58 bits per heavy atom. The van der Waals surface area contributed by atoms with Gasteiger partial charge in [0.25, 0.3) is 0 Å². The first-order valence-electron chi connectivity index (χ1n) is 10.8. The maximum Gasteiger partial charge on any atom is 0.306 e. The van der Waals surface area contributed by atoms with E-state index in [1.807, 2.05) is 6.92 Å². The Morgan fingerprint density at radius 1 is 0.923 bits per heavy atom. The first-order valence-corrected chi connectivity index (χ1v) is 10.8. The SMILES string of the molecule is C[C@H](C(=O)O)[C@H]1CC[C@H]2[C@@H]3C[C@H](O)[C@@H]4C[C@H](O)CC[C@]4(C)[C@H]3CC[C@]12C. The third-order valence-corrected chi connectivity index (χ3v) is 9.72. The van der Waals surface area contributed by atoms with E-state index in [0.717, 1.165) is 51.4 Å². The Balaban J connectivity index is 1.63. The maximum atomic E-state index is 11.6. The molecule has 0 bridgehead atoms. The zero-order valence-electron chi connectivity index (χ0n) is 16.5. The molecule has 4 rings (SSSR count). The average Bonchev–Trinajstić information content (AvgIpc) is 2.93. The van der Waals surface area contributed by atoms with Gasteiger partial charge in [-0.3, -0.25) is 4.79 Å². The summed E-state index contributed by atoms with van der Waals surface area (Å²) in [5.74, 6) is 1.26. The van der Waals surface area contributed by atoms with Crippen molar-refractivity contribution in [2.45, 2.75) is 84.3 Å². The normalized spacial score (nSPS) is 54.7. The van der Waals surface area contributed by atoms with E-state index < -0.39 is 5.97 Å². The number of aliphatic hydroxyl groups is 2. The summed E-state index contributed by atoms with van der Waals surface area (Å²) >= 11 is 0. The van der Waals surface area contributed by atoms with Crippen LogP contribution in [0.25, 0.3) is 0 Å². The van der Waals surface area contributed by atoms with Gasteiger partial charge in [0.15, 0.2) is 0 Å². The summed E-state index contributed by atoms with van der Waals surface area (Å²) in [7, 11) is 0. The molecular formula is C22H36O4. The Bertz CT molecular complexity index is 576. The molecule has 0 aliphatic heterocycles. The zero-order chi connectivity index (χ0) is 18.9.